The standard InChI is InChI=1S/C13H12Cl3N3O/c1-2-5-17-13-18-7-10(16)12(19-13)20-11-6-8(14)3-4-9(11)15/h3-4,6-7H,2,5H2,1H3,(H,17,18,19). The number of nitrogens with one attached hydrogen (secondary N) is 1. The molecule has 1 aromatic carbocycles. The Morgan fingerprint density at radius 1 is 1.20 bits per heavy atom. The van der Waals surface area contributed by atoms with E-state index in [1.165, 1.54) is 6.20 Å². The minimum Gasteiger partial charge on any atom is -0.436 e. The van der Waals surface area contributed by atoms with Crippen LogP contribution in [0.25, 0.3) is 0 Å². The Morgan fingerprint density at radius 3 is 2.75 bits per heavy atom. The maximum atomic E-state index is 6.04. The largest absolute Gasteiger partial charge is 0.436 e. The third-order valence-electron chi connectivity index (χ3n) is 2.34. The van der Waals surface area contributed by atoms with Gasteiger partial charge in [-0.3, -0.25) is 0 Å². The topological polar surface area (TPSA) is 47.0 Å². The van der Waals surface area contributed by atoms with Gasteiger partial charge in [0.05, 0.1) is 11.2 Å². The van der Waals surface area contributed by atoms with E-state index >= 15 is 0 Å². The third-order valence-corrected chi connectivity index (χ3v) is 3.15. The zero-order valence-corrected chi connectivity index (χ0v) is 12.9. The maximum absolute atomic E-state index is 6.04. The minimum atomic E-state index is 0.226. The van der Waals surface area contributed by atoms with E-state index in [0.717, 1.165) is 13.0 Å². The lowest BCUT2D eigenvalue weighted by molar-refractivity contribution is 0.463. The summed E-state index contributed by atoms with van der Waals surface area (Å²) in [7, 11) is 0. The van der Waals surface area contributed by atoms with Gasteiger partial charge in [0.2, 0.25) is 11.8 Å². The summed E-state index contributed by atoms with van der Waals surface area (Å²) in [6, 6.07) is 4.92. The van der Waals surface area contributed by atoms with Crippen molar-refractivity contribution in [3.8, 4) is 11.6 Å². The highest BCUT2D eigenvalue weighted by atomic mass is 35.5. The zero-order valence-electron chi connectivity index (χ0n) is 10.7. The van der Waals surface area contributed by atoms with Gasteiger partial charge in [0.15, 0.2) is 0 Å². The molecule has 0 saturated carbocycles. The predicted octanol–water partition coefficient (Wildman–Crippen LogP) is 5.05. The lowest BCUT2D eigenvalue weighted by Crippen LogP contribution is -2.04. The molecule has 0 spiro atoms. The van der Waals surface area contributed by atoms with Crippen LogP contribution in [0.4, 0.5) is 5.95 Å². The van der Waals surface area contributed by atoms with Crippen molar-refractivity contribution in [3.63, 3.8) is 0 Å². The van der Waals surface area contributed by atoms with Crippen LogP contribution >= 0.6 is 34.8 Å². The first-order valence-corrected chi connectivity index (χ1v) is 7.13. The van der Waals surface area contributed by atoms with Gasteiger partial charge in [-0.2, -0.15) is 4.98 Å². The first kappa shape index (κ1) is 15.2. The summed E-state index contributed by atoms with van der Waals surface area (Å²) in [5.74, 6) is 1.06. The summed E-state index contributed by atoms with van der Waals surface area (Å²) >= 11 is 18.0. The van der Waals surface area contributed by atoms with Crippen molar-refractivity contribution in [2.75, 3.05) is 11.9 Å². The van der Waals surface area contributed by atoms with Gasteiger partial charge < -0.3 is 10.1 Å². The highest BCUT2D eigenvalue weighted by Crippen LogP contribution is 2.34. The molecule has 2 aromatic rings. The predicted molar refractivity (Wildman–Crippen MR) is 82.4 cm³/mol. The molecule has 0 unspecified atom stereocenters. The summed E-state index contributed by atoms with van der Waals surface area (Å²) in [6.45, 7) is 2.81. The van der Waals surface area contributed by atoms with E-state index in [-0.39, 0.29) is 5.88 Å². The molecule has 1 aromatic heterocycles. The van der Waals surface area contributed by atoms with Crippen LogP contribution in [0.15, 0.2) is 24.4 Å². The van der Waals surface area contributed by atoms with Crippen LogP contribution in [0.1, 0.15) is 13.3 Å². The molecular formula is C13H12Cl3N3O. The van der Waals surface area contributed by atoms with Gasteiger partial charge >= 0.3 is 0 Å². The van der Waals surface area contributed by atoms with Crippen LogP contribution in [-0.2, 0) is 0 Å². The summed E-state index contributed by atoms with van der Waals surface area (Å²) in [5.41, 5.74) is 0. The van der Waals surface area contributed by atoms with Crippen molar-refractivity contribution in [1.29, 1.82) is 0 Å². The van der Waals surface area contributed by atoms with Crippen LogP contribution in [0.2, 0.25) is 15.1 Å². The zero-order chi connectivity index (χ0) is 14.5. The lowest BCUT2D eigenvalue weighted by Gasteiger charge is -2.10. The van der Waals surface area contributed by atoms with E-state index in [0.29, 0.717) is 26.8 Å². The fourth-order valence-corrected chi connectivity index (χ4v) is 1.85. The molecule has 1 N–H and O–H groups in total. The van der Waals surface area contributed by atoms with Gasteiger partial charge in [-0.25, -0.2) is 4.98 Å². The summed E-state index contributed by atoms with van der Waals surface area (Å²) in [5, 5.41) is 4.28. The lowest BCUT2D eigenvalue weighted by atomic mass is 10.3. The van der Waals surface area contributed by atoms with Crippen LogP contribution in [-0.4, -0.2) is 16.5 Å². The second-order valence-electron chi connectivity index (χ2n) is 3.95. The van der Waals surface area contributed by atoms with E-state index in [2.05, 4.69) is 15.3 Å². The first-order chi connectivity index (χ1) is 9.60. The minimum absolute atomic E-state index is 0.226. The van der Waals surface area contributed by atoms with Gasteiger partial charge in [0, 0.05) is 17.6 Å². The first-order valence-electron chi connectivity index (χ1n) is 5.99. The molecule has 0 aliphatic heterocycles. The van der Waals surface area contributed by atoms with Crippen molar-refractivity contribution in [2.45, 2.75) is 13.3 Å². The second-order valence-corrected chi connectivity index (χ2v) is 5.20. The smallest absolute Gasteiger partial charge is 0.243 e. The molecule has 0 saturated heterocycles. The summed E-state index contributed by atoms with van der Waals surface area (Å²) in [4.78, 5) is 8.26. The molecule has 0 bridgehead atoms. The van der Waals surface area contributed by atoms with Crippen molar-refractivity contribution < 1.29 is 4.74 Å². The van der Waals surface area contributed by atoms with Gasteiger partial charge in [-0.15, -0.1) is 0 Å². The quantitative estimate of drug-likeness (QED) is 0.832. The van der Waals surface area contributed by atoms with Gasteiger partial charge in [0.25, 0.3) is 0 Å². The van der Waals surface area contributed by atoms with Crippen molar-refractivity contribution in [2.24, 2.45) is 0 Å². The molecule has 0 amide bonds. The molecular weight excluding hydrogens is 321 g/mol. The fourth-order valence-electron chi connectivity index (χ4n) is 1.40. The van der Waals surface area contributed by atoms with Gasteiger partial charge in [0.1, 0.15) is 10.8 Å². The van der Waals surface area contributed by atoms with E-state index in [1.807, 2.05) is 6.92 Å². The van der Waals surface area contributed by atoms with E-state index in [1.54, 1.807) is 18.2 Å². The summed E-state index contributed by atoms with van der Waals surface area (Å²) < 4.78 is 5.60. The number of hydrogen-bond acceptors (Lipinski definition) is 4. The SMILES string of the molecule is CCCNc1ncc(Cl)c(Oc2cc(Cl)ccc2Cl)n1. The average Bonchev–Trinajstić information content (AvgIpc) is 2.43. The molecule has 2 rings (SSSR count). The Bertz CT molecular complexity index is 607. The molecule has 20 heavy (non-hydrogen) atoms. The molecule has 0 aliphatic carbocycles. The number of halogens is 3. The molecule has 7 heteroatoms. The Hall–Kier alpha value is -1.23. The highest BCUT2D eigenvalue weighted by molar-refractivity contribution is 6.34. The average molecular weight is 333 g/mol. The second kappa shape index (κ2) is 6.97. The van der Waals surface area contributed by atoms with Crippen molar-refractivity contribution in [1.82, 2.24) is 9.97 Å². The number of aromatic nitrogens is 2. The molecule has 106 valence electrons. The molecule has 0 atom stereocenters. The normalized spacial score (nSPS) is 10.4. The number of nitrogens with zero attached hydrogens (tertiary/aromatic N) is 2. The number of hydrogen-bond donors (Lipinski definition) is 1. The third kappa shape index (κ3) is 3.88. The highest BCUT2D eigenvalue weighted by Gasteiger charge is 2.10. The monoisotopic (exact) mass is 331 g/mol. The molecule has 1 heterocycles. The maximum Gasteiger partial charge on any atom is 0.243 e. The Balaban J connectivity index is 2.25. The molecule has 0 radical (unpaired) electrons. The Labute approximate surface area is 132 Å². The van der Waals surface area contributed by atoms with Gasteiger partial charge in [-0.05, 0) is 18.6 Å². The van der Waals surface area contributed by atoms with E-state index < -0.39 is 0 Å². The molecule has 0 fully saturated rings. The summed E-state index contributed by atoms with van der Waals surface area (Å²) in [6.07, 6.45) is 2.43. The number of benzene rings is 1. The Kier molecular flexibility index (Phi) is 5.29. The molecule has 4 nitrogen and oxygen atoms in total. The van der Waals surface area contributed by atoms with Gasteiger partial charge in [-0.1, -0.05) is 41.7 Å². The van der Waals surface area contributed by atoms with Crippen molar-refractivity contribution >= 4 is 40.8 Å². The Morgan fingerprint density at radius 2 is 2.00 bits per heavy atom. The van der Waals surface area contributed by atoms with Crippen molar-refractivity contribution in [3.05, 3.63) is 39.5 Å². The van der Waals surface area contributed by atoms with E-state index in [4.69, 9.17) is 39.5 Å². The van der Waals surface area contributed by atoms with Crippen LogP contribution in [0, 0.1) is 0 Å². The number of anilines is 1. The van der Waals surface area contributed by atoms with Crippen LogP contribution in [0.3, 0.4) is 0 Å². The number of ether oxygens (including phenoxy) is 1. The number of rotatable bonds is 5. The van der Waals surface area contributed by atoms with Crippen LogP contribution < -0.4 is 10.1 Å². The van der Waals surface area contributed by atoms with E-state index in [9.17, 15) is 0 Å². The van der Waals surface area contributed by atoms with Crippen LogP contribution in [0.5, 0.6) is 11.6 Å². The fraction of sp³-hybridized carbons (Fsp3) is 0.231. The molecule has 0 aliphatic rings.